The van der Waals surface area contributed by atoms with E-state index in [-0.39, 0.29) is 0 Å². The van der Waals surface area contributed by atoms with Crippen molar-refractivity contribution in [2.75, 3.05) is 7.11 Å². The van der Waals surface area contributed by atoms with Gasteiger partial charge in [-0.3, -0.25) is 0 Å². The minimum Gasteiger partial charge on any atom is -0.497 e. The van der Waals surface area contributed by atoms with Crippen LogP contribution in [-0.4, -0.2) is 7.11 Å². The van der Waals surface area contributed by atoms with Crippen LogP contribution < -0.4 is 4.74 Å². The Morgan fingerprint density at radius 3 is 2.38 bits per heavy atom. The Balaban J connectivity index is 1.94. The van der Waals surface area contributed by atoms with Crippen LogP contribution >= 0.6 is 0 Å². The number of methoxy groups -OCH3 is 1. The van der Waals surface area contributed by atoms with Crippen LogP contribution in [0.2, 0.25) is 0 Å². The van der Waals surface area contributed by atoms with Crippen molar-refractivity contribution < 1.29 is 4.74 Å². The quantitative estimate of drug-likeness (QED) is 0.732. The fourth-order valence-electron chi connectivity index (χ4n) is 2.29. The van der Waals surface area contributed by atoms with Gasteiger partial charge in [0.1, 0.15) is 5.75 Å². The average Bonchev–Trinajstić information content (AvgIpc) is 2.38. The Kier molecular flexibility index (Phi) is 4.03. The molecule has 0 atom stereocenters. The second-order valence-corrected chi connectivity index (χ2v) is 4.53. The largest absolute Gasteiger partial charge is 0.497 e. The molecule has 0 bridgehead atoms. The van der Waals surface area contributed by atoms with Crippen molar-refractivity contribution in [1.29, 1.82) is 0 Å². The minimum absolute atomic E-state index is 0.802. The van der Waals surface area contributed by atoms with Crippen molar-refractivity contribution in [2.45, 2.75) is 32.1 Å². The van der Waals surface area contributed by atoms with Crippen LogP contribution in [-0.2, 0) is 0 Å². The standard InChI is InChI=1S/C15H20O/c1-16-15-11-9-14(10-12-15)8-7-13-5-3-2-4-6-13/h7-13H,2-6H2,1H3/b8-7+. The molecule has 0 heterocycles. The highest BCUT2D eigenvalue weighted by Gasteiger charge is 2.09. The Labute approximate surface area is 98.1 Å². The van der Waals surface area contributed by atoms with Gasteiger partial charge in [-0.05, 0) is 36.5 Å². The molecule has 1 aromatic carbocycles. The number of ether oxygens (including phenoxy) is 1. The molecule has 16 heavy (non-hydrogen) atoms. The van der Waals surface area contributed by atoms with Crippen molar-refractivity contribution in [3.8, 4) is 5.75 Å². The van der Waals surface area contributed by atoms with Crippen LogP contribution in [0.1, 0.15) is 37.7 Å². The first kappa shape index (κ1) is 11.3. The van der Waals surface area contributed by atoms with Gasteiger partial charge in [-0.25, -0.2) is 0 Å². The van der Waals surface area contributed by atoms with E-state index < -0.39 is 0 Å². The molecule has 1 aliphatic carbocycles. The molecule has 0 unspecified atom stereocenters. The lowest BCUT2D eigenvalue weighted by Crippen LogP contribution is -2.02. The third-order valence-electron chi connectivity index (χ3n) is 3.33. The first-order chi connectivity index (χ1) is 7.88. The second kappa shape index (κ2) is 5.74. The van der Waals surface area contributed by atoms with E-state index >= 15 is 0 Å². The monoisotopic (exact) mass is 216 g/mol. The minimum atomic E-state index is 0.802. The summed E-state index contributed by atoms with van der Waals surface area (Å²) in [7, 11) is 1.70. The van der Waals surface area contributed by atoms with Gasteiger partial charge >= 0.3 is 0 Å². The molecule has 1 saturated carbocycles. The van der Waals surface area contributed by atoms with Crippen molar-refractivity contribution in [1.82, 2.24) is 0 Å². The van der Waals surface area contributed by atoms with E-state index in [0.717, 1.165) is 11.7 Å². The van der Waals surface area contributed by atoms with Gasteiger partial charge in [0.25, 0.3) is 0 Å². The average molecular weight is 216 g/mol. The molecule has 0 aromatic heterocycles. The first-order valence-corrected chi connectivity index (χ1v) is 6.21. The van der Waals surface area contributed by atoms with Gasteiger partial charge in [0.15, 0.2) is 0 Å². The molecule has 1 aromatic rings. The summed E-state index contributed by atoms with van der Waals surface area (Å²) < 4.78 is 5.14. The van der Waals surface area contributed by atoms with Crippen molar-refractivity contribution >= 4 is 6.08 Å². The molecular weight excluding hydrogens is 196 g/mol. The fraction of sp³-hybridized carbons (Fsp3) is 0.467. The number of allylic oxidation sites excluding steroid dienone is 1. The lowest BCUT2D eigenvalue weighted by atomic mass is 9.89. The molecule has 1 fully saturated rings. The van der Waals surface area contributed by atoms with E-state index in [1.807, 2.05) is 12.1 Å². The maximum absolute atomic E-state index is 5.14. The van der Waals surface area contributed by atoms with Crippen LogP contribution in [0.3, 0.4) is 0 Å². The van der Waals surface area contributed by atoms with E-state index in [1.165, 1.54) is 37.7 Å². The maximum Gasteiger partial charge on any atom is 0.118 e. The number of rotatable bonds is 3. The summed E-state index contributed by atoms with van der Waals surface area (Å²) in [4.78, 5) is 0. The molecule has 1 aliphatic rings. The van der Waals surface area contributed by atoms with Gasteiger partial charge in [-0.1, -0.05) is 43.5 Å². The van der Waals surface area contributed by atoms with Crippen LogP contribution in [0.4, 0.5) is 0 Å². The van der Waals surface area contributed by atoms with Gasteiger partial charge in [0, 0.05) is 0 Å². The topological polar surface area (TPSA) is 9.23 Å². The second-order valence-electron chi connectivity index (χ2n) is 4.53. The summed E-state index contributed by atoms with van der Waals surface area (Å²) in [5.41, 5.74) is 1.27. The van der Waals surface area contributed by atoms with Crippen LogP contribution in [0, 0.1) is 5.92 Å². The van der Waals surface area contributed by atoms with Crippen LogP contribution in [0.15, 0.2) is 30.3 Å². The van der Waals surface area contributed by atoms with Crippen molar-refractivity contribution in [2.24, 2.45) is 5.92 Å². The zero-order valence-corrected chi connectivity index (χ0v) is 9.99. The lowest BCUT2D eigenvalue weighted by molar-refractivity contribution is 0.414. The molecule has 0 aliphatic heterocycles. The third-order valence-corrected chi connectivity index (χ3v) is 3.33. The summed E-state index contributed by atoms with van der Waals surface area (Å²) >= 11 is 0. The number of hydrogen-bond acceptors (Lipinski definition) is 1. The highest BCUT2D eigenvalue weighted by atomic mass is 16.5. The zero-order valence-electron chi connectivity index (χ0n) is 9.99. The number of benzene rings is 1. The van der Waals surface area contributed by atoms with E-state index in [2.05, 4.69) is 24.3 Å². The Morgan fingerprint density at radius 1 is 1.06 bits per heavy atom. The molecule has 1 heteroatoms. The van der Waals surface area contributed by atoms with E-state index in [4.69, 9.17) is 4.74 Å². The van der Waals surface area contributed by atoms with Gasteiger partial charge < -0.3 is 4.74 Å². The maximum atomic E-state index is 5.14. The smallest absolute Gasteiger partial charge is 0.118 e. The van der Waals surface area contributed by atoms with Crippen molar-refractivity contribution in [3.63, 3.8) is 0 Å². The Bertz CT molecular complexity index is 331. The van der Waals surface area contributed by atoms with Crippen LogP contribution in [0.5, 0.6) is 5.75 Å². The molecule has 0 spiro atoms. The molecule has 1 nitrogen and oxygen atoms in total. The SMILES string of the molecule is COc1ccc(/C=C/C2CCCCC2)cc1. The third kappa shape index (κ3) is 3.13. The van der Waals surface area contributed by atoms with Gasteiger partial charge in [0.2, 0.25) is 0 Å². The lowest BCUT2D eigenvalue weighted by Gasteiger charge is -2.17. The summed E-state index contributed by atoms with van der Waals surface area (Å²) in [6, 6.07) is 8.25. The molecule has 0 N–H and O–H groups in total. The molecule has 0 amide bonds. The molecule has 86 valence electrons. The van der Waals surface area contributed by atoms with E-state index in [1.54, 1.807) is 7.11 Å². The van der Waals surface area contributed by atoms with Crippen molar-refractivity contribution in [3.05, 3.63) is 35.9 Å². The normalized spacial score (nSPS) is 17.8. The first-order valence-electron chi connectivity index (χ1n) is 6.21. The molecule has 2 rings (SSSR count). The highest BCUT2D eigenvalue weighted by Crippen LogP contribution is 2.25. The summed E-state index contributed by atoms with van der Waals surface area (Å²) in [6.45, 7) is 0. The fourth-order valence-corrected chi connectivity index (χ4v) is 2.29. The molecular formula is C15H20O. The van der Waals surface area contributed by atoms with Gasteiger partial charge in [-0.2, -0.15) is 0 Å². The molecule has 0 saturated heterocycles. The van der Waals surface area contributed by atoms with Gasteiger partial charge in [0.05, 0.1) is 7.11 Å². The number of hydrogen-bond donors (Lipinski definition) is 0. The Hall–Kier alpha value is -1.24. The summed E-state index contributed by atoms with van der Waals surface area (Å²) in [5.74, 6) is 1.73. The molecule has 0 radical (unpaired) electrons. The predicted molar refractivity (Wildman–Crippen MR) is 68.6 cm³/mol. The summed E-state index contributed by atoms with van der Waals surface area (Å²) in [6.07, 6.45) is 11.6. The summed E-state index contributed by atoms with van der Waals surface area (Å²) in [5, 5.41) is 0. The van der Waals surface area contributed by atoms with E-state index in [9.17, 15) is 0 Å². The van der Waals surface area contributed by atoms with E-state index in [0.29, 0.717) is 0 Å². The highest BCUT2D eigenvalue weighted by molar-refractivity contribution is 5.50. The zero-order chi connectivity index (χ0) is 11.2. The van der Waals surface area contributed by atoms with Crippen LogP contribution in [0.25, 0.3) is 6.08 Å². The predicted octanol–water partition coefficient (Wildman–Crippen LogP) is 4.29. The van der Waals surface area contributed by atoms with Gasteiger partial charge in [-0.15, -0.1) is 0 Å². The Morgan fingerprint density at radius 2 is 1.75 bits per heavy atom.